The van der Waals surface area contributed by atoms with Crippen LogP contribution in [0.4, 0.5) is 5.13 Å². The highest BCUT2D eigenvalue weighted by Gasteiger charge is 2.54. The predicted molar refractivity (Wildman–Crippen MR) is 167 cm³/mol. The second kappa shape index (κ2) is 12.1. The Morgan fingerprint density at radius 3 is 2.69 bits per heavy atom. The Hall–Kier alpha value is -5.09. The molecule has 16 heteroatoms. The number of amidine groups is 1. The highest BCUT2D eigenvalue weighted by molar-refractivity contribution is 8.00. The number of carbonyl (C=O) groups excluding carboxylic acids is 2. The molecule has 6 N–H and O–H groups in total. The molecule has 0 saturated carbocycles. The maximum atomic E-state index is 13.3. The molecule has 45 heavy (non-hydrogen) atoms. The van der Waals surface area contributed by atoms with Crippen molar-refractivity contribution in [3.63, 3.8) is 0 Å². The predicted octanol–water partition coefficient (Wildman–Crippen LogP) is 1.57. The largest absolute Gasteiger partial charge is 0.477 e. The van der Waals surface area contributed by atoms with E-state index in [1.54, 1.807) is 0 Å². The van der Waals surface area contributed by atoms with Crippen molar-refractivity contribution in [2.24, 2.45) is 16.8 Å². The Labute approximate surface area is 264 Å². The first kappa shape index (κ1) is 30.0. The van der Waals surface area contributed by atoms with Crippen LogP contribution >= 0.6 is 23.3 Å². The number of anilines is 1. The van der Waals surface area contributed by atoms with Crippen LogP contribution in [0.25, 0.3) is 10.9 Å². The van der Waals surface area contributed by atoms with Gasteiger partial charge in [0.05, 0.1) is 11.3 Å². The molecule has 1 fully saturated rings. The summed E-state index contributed by atoms with van der Waals surface area (Å²) >= 11 is 2.33. The minimum atomic E-state index is -1.20. The number of benzene rings is 1. The van der Waals surface area contributed by atoms with E-state index in [-0.39, 0.29) is 41.2 Å². The zero-order valence-electron chi connectivity index (χ0n) is 23.9. The number of rotatable bonds is 11. The highest BCUT2D eigenvalue weighted by atomic mass is 32.2. The fraction of sp³-hybridized carbons (Fsp3) is 0.241. The lowest BCUT2D eigenvalue weighted by molar-refractivity contribution is -0.687. The number of thioether (sulfide) groups is 1. The molecule has 4 aromatic rings. The van der Waals surface area contributed by atoms with Crippen LogP contribution in [0.5, 0.6) is 0 Å². The van der Waals surface area contributed by atoms with Gasteiger partial charge in [0.1, 0.15) is 24.2 Å². The number of oxime groups is 1. The van der Waals surface area contributed by atoms with Gasteiger partial charge in [-0.3, -0.25) is 19.9 Å². The molecule has 2 aliphatic heterocycles. The van der Waals surface area contributed by atoms with E-state index in [9.17, 15) is 19.5 Å². The average molecular weight is 647 g/mol. The van der Waals surface area contributed by atoms with E-state index in [4.69, 9.17) is 21.7 Å². The van der Waals surface area contributed by atoms with Gasteiger partial charge in [-0.05, 0) is 11.6 Å². The lowest BCUT2D eigenvalue weighted by Gasteiger charge is -2.49. The summed E-state index contributed by atoms with van der Waals surface area (Å²) in [6, 6.07) is 11.5. The number of β-lactam (4-membered cyclic amide) rings is 1. The third-order valence-corrected chi connectivity index (χ3v) is 9.57. The molecule has 5 heterocycles. The molecule has 0 unspecified atom stereocenters. The first-order valence-corrected chi connectivity index (χ1v) is 15.5. The summed E-state index contributed by atoms with van der Waals surface area (Å²) in [6.07, 6.45) is 5.63. The molecule has 2 atom stereocenters. The second-order valence-electron chi connectivity index (χ2n) is 10.5. The van der Waals surface area contributed by atoms with Crippen molar-refractivity contribution in [3.05, 3.63) is 83.2 Å². The molecular formula is C29H28N9O5S2+. The zero-order valence-corrected chi connectivity index (χ0v) is 25.5. The van der Waals surface area contributed by atoms with Crippen LogP contribution in [0.3, 0.4) is 0 Å². The molecule has 14 nitrogen and oxygen atoms in total. The monoisotopic (exact) mass is 646 g/mol. The van der Waals surface area contributed by atoms with Crippen molar-refractivity contribution in [2.45, 2.75) is 24.9 Å². The van der Waals surface area contributed by atoms with E-state index in [0.717, 1.165) is 28.0 Å². The lowest BCUT2D eigenvalue weighted by Crippen LogP contribution is -2.62. The number of carboxylic acid groups (broad SMARTS) is 1. The van der Waals surface area contributed by atoms with Gasteiger partial charge in [-0.15, -0.1) is 11.8 Å². The molecule has 0 radical (unpaired) electrons. The van der Waals surface area contributed by atoms with Crippen LogP contribution in [0.2, 0.25) is 0 Å². The number of carboxylic acids is 1. The number of nitrogens with zero attached hydrogens (tertiary/aromatic N) is 6. The number of amides is 1. The Morgan fingerprint density at radius 2 is 2.02 bits per heavy atom. The number of pyridine rings is 1. The number of carbonyl (C=O) groups is 3. The summed E-state index contributed by atoms with van der Waals surface area (Å²) in [5.41, 5.74) is 14.3. The van der Waals surface area contributed by atoms with Crippen LogP contribution in [-0.2, 0) is 32.3 Å². The minimum absolute atomic E-state index is 0.0148. The van der Waals surface area contributed by atoms with Crippen LogP contribution in [0, 0.1) is 11.3 Å². The van der Waals surface area contributed by atoms with Gasteiger partial charge in [-0.1, -0.05) is 29.4 Å². The van der Waals surface area contributed by atoms with Crippen LogP contribution in [0.15, 0.2) is 71.4 Å². The SMILES string of the molecule is CO/N=C(\C(=O)C[C@@H]1C(=O)N2C(C(=O)O)=C(C[n+]3ccc4ccn(Cc5ccc(C(=N)N)cc5)c4c3)CS[C@H]12)c1nsc(N)n1. The number of ketones is 1. The number of Topliss-reactive ketones (excluding diaryl/α,β-unsaturated/α-hetero) is 1. The molecule has 2 aliphatic rings. The highest BCUT2D eigenvalue weighted by Crippen LogP contribution is 2.45. The molecule has 3 aromatic heterocycles. The molecule has 1 aromatic carbocycles. The van der Waals surface area contributed by atoms with E-state index < -0.39 is 29.0 Å². The summed E-state index contributed by atoms with van der Waals surface area (Å²) in [5.74, 6) is -2.46. The summed E-state index contributed by atoms with van der Waals surface area (Å²) in [6.45, 7) is 0.863. The first-order valence-electron chi connectivity index (χ1n) is 13.7. The normalized spacial score (nSPS) is 18.1. The Morgan fingerprint density at radius 1 is 1.24 bits per heavy atom. The number of hydrogen-bond donors (Lipinski definition) is 4. The van der Waals surface area contributed by atoms with Gasteiger partial charge in [0, 0.05) is 59.0 Å². The van der Waals surface area contributed by atoms with Crippen molar-refractivity contribution in [1.29, 1.82) is 5.41 Å². The lowest BCUT2D eigenvalue weighted by atomic mass is 9.89. The van der Waals surface area contributed by atoms with E-state index in [0.29, 0.717) is 23.4 Å². The van der Waals surface area contributed by atoms with E-state index >= 15 is 0 Å². The molecule has 1 amide bonds. The minimum Gasteiger partial charge on any atom is -0.477 e. The van der Waals surface area contributed by atoms with Gasteiger partial charge >= 0.3 is 5.97 Å². The van der Waals surface area contributed by atoms with Crippen molar-refractivity contribution in [3.8, 4) is 0 Å². The van der Waals surface area contributed by atoms with Crippen molar-refractivity contribution < 1.29 is 28.9 Å². The molecule has 0 aliphatic carbocycles. The second-order valence-corrected chi connectivity index (χ2v) is 12.4. The number of fused-ring (bicyclic) bond motifs is 2. The average Bonchev–Trinajstić information content (AvgIpc) is 3.63. The van der Waals surface area contributed by atoms with Crippen LogP contribution in [0.1, 0.15) is 23.4 Å². The van der Waals surface area contributed by atoms with Crippen molar-refractivity contribution in [1.82, 2.24) is 18.8 Å². The van der Waals surface area contributed by atoms with Gasteiger partial charge < -0.3 is 26.0 Å². The topological polar surface area (TPSA) is 207 Å². The number of aliphatic carboxylic acids is 1. The Bertz CT molecular complexity index is 1910. The molecule has 0 spiro atoms. The van der Waals surface area contributed by atoms with Gasteiger partial charge in [0.25, 0.3) is 0 Å². The summed E-state index contributed by atoms with van der Waals surface area (Å²) in [7, 11) is 1.28. The quantitative estimate of drug-likeness (QED) is 0.0608. The third-order valence-electron chi connectivity index (χ3n) is 7.63. The van der Waals surface area contributed by atoms with Crippen molar-refractivity contribution >= 4 is 68.5 Å². The number of nitrogen functional groups attached to an aromatic ring is 2. The smallest absolute Gasteiger partial charge is 0.352 e. The van der Waals surface area contributed by atoms with Crippen molar-refractivity contribution in [2.75, 3.05) is 18.6 Å². The summed E-state index contributed by atoms with van der Waals surface area (Å²) in [4.78, 5) is 48.9. The van der Waals surface area contributed by atoms with E-state index in [1.165, 1.54) is 23.8 Å². The van der Waals surface area contributed by atoms with Gasteiger partial charge in [-0.2, -0.15) is 13.9 Å². The van der Waals surface area contributed by atoms with Gasteiger partial charge in [-0.25, -0.2) is 4.79 Å². The molecule has 0 bridgehead atoms. The standard InChI is InChI=1S/C29H27N9O5S2/c1-43-34-22(25-33-29(32)45-35-25)21(39)10-19-26(40)38-23(28(41)42)18(14-44-27(19)38)12-36-8-6-16-7-9-37(20(16)13-36)11-15-2-4-17(5-3-15)24(30)31/h2-9,13,19,27H,10-12,14H2,1H3,(H5-,30,31,32,33,35,41,42)/p+1/b34-22+/t19-,27-/m1/s1. The Kier molecular flexibility index (Phi) is 8.07. The maximum Gasteiger partial charge on any atom is 0.352 e. The van der Waals surface area contributed by atoms with Gasteiger partial charge in [0.15, 0.2) is 35.6 Å². The number of nitrogens with two attached hydrogens (primary N) is 2. The molecular weight excluding hydrogens is 619 g/mol. The zero-order chi connectivity index (χ0) is 31.8. The molecule has 6 rings (SSSR count). The summed E-state index contributed by atoms with van der Waals surface area (Å²) in [5, 5.41) is 22.2. The first-order chi connectivity index (χ1) is 21.6. The Balaban J connectivity index is 1.20. The fourth-order valence-corrected chi connectivity index (χ4v) is 7.32. The van der Waals surface area contributed by atoms with E-state index in [2.05, 4.69) is 19.1 Å². The van der Waals surface area contributed by atoms with Crippen LogP contribution < -0.4 is 16.0 Å². The van der Waals surface area contributed by atoms with Gasteiger partial charge in [0.2, 0.25) is 11.7 Å². The third kappa shape index (κ3) is 5.76. The maximum absolute atomic E-state index is 13.3. The molecule has 1 saturated heterocycles. The summed E-state index contributed by atoms with van der Waals surface area (Å²) < 4.78 is 8.01. The number of aromatic nitrogens is 4. The van der Waals surface area contributed by atoms with Crippen LogP contribution in [-0.4, -0.2) is 71.4 Å². The number of nitrogens with one attached hydrogen (secondary N) is 1. The number of hydrogen-bond acceptors (Lipinski definition) is 11. The molecule has 230 valence electrons. The van der Waals surface area contributed by atoms with E-state index in [1.807, 2.05) is 59.6 Å². The fourth-order valence-electron chi connectivity index (χ4n) is 5.49.